The second-order valence-corrected chi connectivity index (χ2v) is 6.68. The van der Waals surface area contributed by atoms with Crippen molar-refractivity contribution >= 4 is 30.4 Å². The Hall–Kier alpha value is -1.68. The molecule has 0 spiro atoms. The zero-order valence-electron chi connectivity index (χ0n) is 16.2. The van der Waals surface area contributed by atoms with E-state index in [0.29, 0.717) is 24.9 Å². The molecule has 1 aromatic carbocycles. The molecule has 0 fully saturated rings. The van der Waals surface area contributed by atoms with Gasteiger partial charge in [-0.1, -0.05) is 24.3 Å². The van der Waals surface area contributed by atoms with Crippen LogP contribution < -0.4 is 32.3 Å². The molecule has 0 aliphatic carbocycles. The topological polar surface area (TPSA) is 202 Å². The molecule has 0 aliphatic rings. The zero-order chi connectivity index (χ0) is 21.1. The Morgan fingerprint density at radius 2 is 1.60 bits per heavy atom. The van der Waals surface area contributed by atoms with Crippen molar-refractivity contribution in [1.29, 1.82) is 0 Å². The van der Waals surface area contributed by atoms with Gasteiger partial charge in [-0.05, 0) is 37.8 Å². The number of amides is 2. The van der Waals surface area contributed by atoms with E-state index in [1.54, 1.807) is 12.1 Å². The summed E-state index contributed by atoms with van der Waals surface area (Å²) in [5, 5.41) is 26.9. The van der Waals surface area contributed by atoms with Crippen molar-refractivity contribution in [3.8, 4) is 5.75 Å². The third-order valence-corrected chi connectivity index (χ3v) is 4.40. The molecule has 1 rings (SSSR count). The van der Waals surface area contributed by atoms with E-state index in [0.717, 1.165) is 0 Å². The van der Waals surface area contributed by atoms with Gasteiger partial charge in [0.15, 0.2) is 0 Å². The van der Waals surface area contributed by atoms with Crippen LogP contribution in [0.15, 0.2) is 24.3 Å². The molecule has 0 heterocycles. The number of carboxylic acids is 1. The molecule has 10 nitrogen and oxygen atoms in total. The fourth-order valence-electron chi connectivity index (χ4n) is 2.45. The summed E-state index contributed by atoms with van der Waals surface area (Å²) in [5.74, 6) is -3.14. The number of carboxylic acid groups (broad SMARTS) is 1. The number of nitrogens with one attached hydrogen (secondary N) is 2. The Morgan fingerprint density at radius 1 is 1.03 bits per heavy atom. The number of carbonyl (C=O) groups excluding carboxylic acids is 3. The van der Waals surface area contributed by atoms with Crippen molar-refractivity contribution in [1.82, 2.24) is 10.6 Å². The van der Waals surface area contributed by atoms with Gasteiger partial charge in [-0.15, -0.1) is 5.75 Å². The fraction of sp³-hybridized carbons (Fsp3) is 0.500. The average Bonchev–Trinajstić information content (AvgIpc) is 2.66. The molecule has 6 N–H and O–H groups in total. The maximum absolute atomic E-state index is 12.4. The van der Waals surface area contributed by atoms with Gasteiger partial charge < -0.3 is 55.2 Å². The largest absolute Gasteiger partial charge is 2.00 e. The second-order valence-electron chi connectivity index (χ2n) is 6.35. The van der Waals surface area contributed by atoms with Gasteiger partial charge in [-0.25, -0.2) is 0 Å². The Bertz CT molecular complexity index is 665. The number of hydrogen-bond acceptors (Lipinski definition) is 8. The molecule has 171 valence electrons. The molecule has 0 bridgehead atoms. The first kappa shape index (κ1) is 30.5. The first-order chi connectivity index (χ1) is 13.3. The molecule has 0 aliphatic heterocycles. The van der Waals surface area contributed by atoms with Crippen LogP contribution in [0.1, 0.15) is 24.8 Å². The van der Waals surface area contributed by atoms with Gasteiger partial charge in [0, 0.05) is 26.5 Å². The van der Waals surface area contributed by atoms with Gasteiger partial charge in [0.1, 0.15) is 6.04 Å². The van der Waals surface area contributed by atoms with Gasteiger partial charge in [0.05, 0.1) is 12.0 Å². The van der Waals surface area contributed by atoms with Gasteiger partial charge in [-0.3, -0.25) is 9.59 Å². The van der Waals surface area contributed by atoms with Crippen molar-refractivity contribution < 1.29 is 50.5 Å². The Labute approximate surface area is 194 Å². The van der Waals surface area contributed by atoms with E-state index in [4.69, 9.17) is 24.1 Å². The number of hydrogen-bond donors (Lipinski definition) is 4. The third-order valence-electron chi connectivity index (χ3n) is 4.06. The minimum absolute atomic E-state index is 0. The second kappa shape index (κ2) is 16.1. The van der Waals surface area contributed by atoms with Crippen LogP contribution >= 0.6 is 0 Å². The van der Waals surface area contributed by atoms with Crippen LogP contribution in [0.5, 0.6) is 5.75 Å². The van der Waals surface area contributed by atoms with E-state index in [-0.39, 0.29) is 50.2 Å². The Balaban J connectivity index is 0. The summed E-state index contributed by atoms with van der Waals surface area (Å²) in [6.07, 6.45) is 1.64. The molecule has 3 atom stereocenters. The van der Waals surface area contributed by atoms with Crippen LogP contribution in [0.4, 0.5) is 0 Å². The fourth-order valence-corrected chi connectivity index (χ4v) is 2.67. The quantitative estimate of drug-likeness (QED) is 0.141. The molecule has 0 unspecified atom stereocenters. The predicted molar refractivity (Wildman–Crippen MR) is 102 cm³/mol. The average molecular weight is 612 g/mol. The van der Waals surface area contributed by atoms with Crippen LogP contribution in [0.2, 0.25) is 0 Å². The SMILES string of the molecule is NCCCC[C@@H](NC(=O)[C@@H](N)Cc1ccc([O-])cc1)C(=O)N[C@@H](C[S-])C(=O)[O-].[O-2].[Re]. The van der Waals surface area contributed by atoms with E-state index in [9.17, 15) is 24.6 Å². The molecule has 12 heteroatoms. The van der Waals surface area contributed by atoms with Crippen molar-refractivity contribution in [2.45, 2.75) is 43.8 Å². The first-order valence-corrected chi connectivity index (χ1v) is 9.47. The van der Waals surface area contributed by atoms with Crippen LogP contribution in [-0.4, -0.2) is 48.2 Å². The summed E-state index contributed by atoms with van der Waals surface area (Å²) >= 11 is 4.69. The summed E-state index contributed by atoms with van der Waals surface area (Å²) < 4.78 is 0. The first-order valence-electron chi connectivity index (χ1n) is 8.89. The van der Waals surface area contributed by atoms with E-state index in [2.05, 4.69) is 10.6 Å². The van der Waals surface area contributed by atoms with Gasteiger partial charge in [0.25, 0.3) is 0 Å². The van der Waals surface area contributed by atoms with Crippen LogP contribution in [0.25, 0.3) is 0 Å². The predicted octanol–water partition coefficient (Wildman–Crippen LogP) is -3.10. The van der Waals surface area contributed by atoms with Gasteiger partial charge in [0.2, 0.25) is 11.8 Å². The van der Waals surface area contributed by atoms with E-state index >= 15 is 0 Å². The van der Waals surface area contributed by atoms with Crippen molar-refractivity contribution in [3.63, 3.8) is 0 Å². The van der Waals surface area contributed by atoms with Gasteiger partial charge in [-0.2, -0.15) is 5.75 Å². The van der Waals surface area contributed by atoms with Crippen molar-refractivity contribution in [2.75, 3.05) is 12.3 Å². The van der Waals surface area contributed by atoms with E-state index in [1.165, 1.54) is 12.1 Å². The van der Waals surface area contributed by atoms with Crippen LogP contribution in [0.3, 0.4) is 0 Å². The molecule has 2 amide bonds. The number of unbranched alkanes of at least 4 members (excludes halogenated alkanes) is 1. The third kappa shape index (κ3) is 10.9. The maximum Gasteiger partial charge on any atom is 0.243 e. The molecular weight excluding hydrogens is 586 g/mol. The standard InChI is InChI=1S/C18H28N4O5S.O.Re/c19-8-2-1-3-14(17(25)22-15(10-28)18(26)27)21-16(24)13(20)9-11-4-6-12(23)7-5-11;;/h4-7,13-15,23,28H,1-3,8-10,19-20H2,(H,21,24)(H,22,25)(H,26,27);;/q;-2;/p-3/t13-,14+,15-;;/m0../s1. The molecule has 1 radical (unpaired) electrons. The summed E-state index contributed by atoms with van der Waals surface area (Å²) in [7, 11) is 0. The Morgan fingerprint density at radius 3 is 2.10 bits per heavy atom. The van der Waals surface area contributed by atoms with Crippen LogP contribution in [0, 0.1) is 0 Å². The molecule has 0 saturated carbocycles. The monoisotopic (exact) mass is 612 g/mol. The summed E-state index contributed by atoms with van der Waals surface area (Å²) in [5.41, 5.74) is 12.1. The van der Waals surface area contributed by atoms with Gasteiger partial charge >= 0.3 is 0 Å². The van der Waals surface area contributed by atoms with Crippen molar-refractivity contribution in [2.24, 2.45) is 11.5 Å². The summed E-state index contributed by atoms with van der Waals surface area (Å²) in [6.45, 7) is 0.422. The Kier molecular flexibility index (Phi) is 16.3. The molecule has 0 saturated heterocycles. The van der Waals surface area contributed by atoms with E-state index in [1.807, 2.05) is 0 Å². The minimum Gasteiger partial charge on any atom is -2.00 e. The molecule has 1 aromatic rings. The van der Waals surface area contributed by atoms with Crippen molar-refractivity contribution in [3.05, 3.63) is 29.8 Å². The minimum atomic E-state index is -1.49. The zero-order valence-corrected chi connectivity index (χ0v) is 19.7. The molecule has 0 aromatic heterocycles. The van der Waals surface area contributed by atoms with Crippen LogP contribution in [-0.2, 0) is 59.3 Å². The normalized spacial score (nSPS) is 13.0. The molecular formula is C18H25N4O6ReS-5. The number of carbonyl (C=O) groups is 3. The summed E-state index contributed by atoms with van der Waals surface area (Å²) in [4.78, 5) is 35.8. The summed E-state index contributed by atoms with van der Waals surface area (Å²) in [6, 6.07) is 2.66. The number of nitrogens with two attached hydrogens (primary N) is 2. The molecule has 30 heavy (non-hydrogen) atoms. The smallest absolute Gasteiger partial charge is 0.243 e. The number of aliphatic carboxylic acids is 1. The van der Waals surface area contributed by atoms with E-state index < -0.39 is 35.9 Å². The number of benzene rings is 1. The number of rotatable bonds is 12. The maximum atomic E-state index is 12.4.